The molecule has 0 bridgehead atoms. The summed E-state index contributed by atoms with van der Waals surface area (Å²) >= 11 is 0. The van der Waals surface area contributed by atoms with Crippen LogP contribution in [0.5, 0.6) is 11.5 Å². The van der Waals surface area contributed by atoms with Crippen LogP contribution in [0.3, 0.4) is 0 Å². The van der Waals surface area contributed by atoms with Gasteiger partial charge in [-0.25, -0.2) is 0 Å². The molecule has 1 atom stereocenters. The van der Waals surface area contributed by atoms with Crippen LogP contribution in [0.15, 0.2) is 85.5 Å². The summed E-state index contributed by atoms with van der Waals surface area (Å²) in [7, 11) is 1.58. The fraction of sp³-hybridized carbons (Fsp3) is 0.154. The topological polar surface area (TPSA) is 55.8 Å². The van der Waals surface area contributed by atoms with Gasteiger partial charge in [-0.3, -0.25) is 14.5 Å². The summed E-state index contributed by atoms with van der Waals surface area (Å²) in [6.45, 7) is 4.20. The Balaban J connectivity index is 1.66. The van der Waals surface area contributed by atoms with E-state index in [1.165, 1.54) is 4.90 Å². The highest BCUT2D eigenvalue weighted by molar-refractivity contribution is 6.21. The Labute approximate surface area is 181 Å². The SMILES string of the molecule is C=CC[C@@H](c1ccc(OC)c(OCc2ccccc2)c1)N1C(=O)c2ccccc2C1=O. The molecule has 3 aromatic rings. The highest BCUT2D eigenvalue weighted by Crippen LogP contribution is 2.37. The van der Waals surface area contributed by atoms with Gasteiger partial charge in [-0.05, 0) is 41.8 Å². The summed E-state index contributed by atoms with van der Waals surface area (Å²) < 4.78 is 11.5. The Kier molecular flexibility index (Phi) is 5.85. The quantitative estimate of drug-likeness (QED) is 0.377. The van der Waals surface area contributed by atoms with Crippen molar-refractivity contribution in [3.05, 3.63) is 108 Å². The first kappa shape index (κ1) is 20.4. The maximum absolute atomic E-state index is 13.0. The van der Waals surface area contributed by atoms with Crippen LogP contribution in [0.2, 0.25) is 0 Å². The third-order valence-corrected chi connectivity index (χ3v) is 5.34. The van der Waals surface area contributed by atoms with Gasteiger partial charge < -0.3 is 9.47 Å². The van der Waals surface area contributed by atoms with E-state index in [0.717, 1.165) is 11.1 Å². The zero-order valence-corrected chi connectivity index (χ0v) is 17.3. The van der Waals surface area contributed by atoms with Crippen LogP contribution in [0.4, 0.5) is 0 Å². The van der Waals surface area contributed by atoms with E-state index < -0.39 is 6.04 Å². The molecule has 5 heteroatoms. The van der Waals surface area contributed by atoms with E-state index in [-0.39, 0.29) is 11.8 Å². The van der Waals surface area contributed by atoms with Gasteiger partial charge in [0.05, 0.1) is 24.3 Å². The van der Waals surface area contributed by atoms with Crippen molar-refractivity contribution in [2.24, 2.45) is 0 Å². The van der Waals surface area contributed by atoms with Crippen LogP contribution in [0, 0.1) is 0 Å². The molecule has 0 unspecified atom stereocenters. The van der Waals surface area contributed by atoms with E-state index in [2.05, 4.69) is 6.58 Å². The highest BCUT2D eigenvalue weighted by atomic mass is 16.5. The lowest BCUT2D eigenvalue weighted by Gasteiger charge is -2.26. The van der Waals surface area contributed by atoms with Gasteiger partial charge >= 0.3 is 0 Å². The van der Waals surface area contributed by atoms with Gasteiger partial charge in [-0.2, -0.15) is 0 Å². The predicted octanol–water partition coefficient (Wildman–Crippen LogP) is 5.19. The highest BCUT2D eigenvalue weighted by Gasteiger charge is 2.40. The first-order valence-corrected chi connectivity index (χ1v) is 10.1. The largest absolute Gasteiger partial charge is 0.493 e. The molecule has 1 aliphatic heterocycles. The molecule has 31 heavy (non-hydrogen) atoms. The summed E-state index contributed by atoms with van der Waals surface area (Å²) in [5.74, 6) is 0.541. The lowest BCUT2D eigenvalue weighted by atomic mass is 10.0. The number of rotatable bonds is 8. The third kappa shape index (κ3) is 3.94. The number of hydrogen-bond acceptors (Lipinski definition) is 4. The molecular formula is C26H23NO4. The van der Waals surface area contributed by atoms with Crippen molar-refractivity contribution in [3.8, 4) is 11.5 Å². The van der Waals surface area contributed by atoms with Gasteiger partial charge in [0.15, 0.2) is 11.5 Å². The second-order valence-electron chi connectivity index (χ2n) is 7.25. The summed E-state index contributed by atoms with van der Waals surface area (Å²) in [5, 5.41) is 0. The number of carbonyl (C=O) groups excluding carboxylic acids is 2. The number of fused-ring (bicyclic) bond motifs is 1. The standard InChI is InChI=1S/C26H23NO4/c1-3-9-22(27-25(28)20-12-7-8-13-21(20)26(27)29)19-14-15-23(30-2)24(16-19)31-17-18-10-5-4-6-11-18/h3-8,10-16,22H,1,9,17H2,2H3/t22-/m0/s1. The van der Waals surface area contributed by atoms with E-state index in [1.54, 1.807) is 43.5 Å². The lowest BCUT2D eigenvalue weighted by Crippen LogP contribution is -2.34. The maximum Gasteiger partial charge on any atom is 0.262 e. The molecule has 4 rings (SSSR count). The van der Waals surface area contributed by atoms with Gasteiger partial charge in [0.2, 0.25) is 0 Å². The molecule has 1 aliphatic rings. The Morgan fingerprint density at radius 2 is 1.55 bits per heavy atom. The van der Waals surface area contributed by atoms with Crippen molar-refractivity contribution in [2.75, 3.05) is 7.11 Å². The smallest absolute Gasteiger partial charge is 0.262 e. The minimum absolute atomic E-state index is 0.296. The molecule has 5 nitrogen and oxygen atoms in total. The van der Waals surface area contributed by atoms with E-state index in [4.69, 9.17) is 9.47 Å². The molecule has 2 amide bonds. The first-order chi connectivity index (χ1) is 15.1. The average molecular weight is 413 g/mol. The Hall–Kier alpha value is -3.86. The van der Waals surface area contributed by atoms with Crippen LogP contribution >= 0.6 is 0 Å². The second-order valence-corrected chi connectivity index (χ2v) is 7.25. The molecule has 0 saturated heterocycles. The number of imide groups is 1. The molecule has 0 aromatic heterocycles. The van der Waals surface area contributed by atoms with E-state index >= 15 is 0 Å². The van der Waals surface area contributed by atoms with Crippen LogP contribution in [-0.4, -0.2) is 23.8 Å². The number of ether oxygens (including phenoxy) is 2. The van der Waals surface area contributed by atoms with E-state index in [0.29, 0.717) is 35.7 Å². The second kappa shape index (κ2) is 8.88. The number of nitrogens with zero attached hydrogens (tertiary/aromatic N) is 1. The van der Waals surface area contributed by atoms with Crippen LogP contribution in [-0.2, 0) is 6.61 Å². The number of carbonyl (C=O) groups is 2. The van der Waals surface area contributed by atoms with Gasteiger partial charge in [0.1, 0.15) is 6.61 Å². The molecular weight excluding hydrogens is 390 g/mol. The van der Waals surface area contributed by atoms with E-state index in [1.807, 2.05) is 42.5 Å². The minimum Gasteiger partial charge on any atom is -0.493 e. The number of benzene rings is 3. The summed E-state index contributed by atoms with van der Waals surface area (Å²) in [6, 6.07) is 21.7. The van der Waals surface area contributed by atoms with Crippen molar-refractivity contribution >= 4 is 11.8 Å². The van der Waals surface area contributed by atoms with Crippen molar-refractivity contribution in [3.63, 3.8) is 0 Å². The summed E-state index contributed by atoms with van der Waals surface area (Å²) in [4.78, 5) is 27.4. The fourth-order valence-corrected chi connectivity index (χ4v) is 3.79. The van der Waals surface area contributed by atoms with Crippen LogP contribution in [0.1, 0.15) is 44.3 Å². The van der Waals surface area contributed by atoms with Crippen molar-refractivity contribution in [1.29, 1.82) is 0 Å². The summed E-state index contributed by atoms with van der Waals surface area (Å²) in [5.41, 5.74) is 2.66. The average Bonchev–Trinajstić information content (AvgIpc) is 3.07. The molecule has 0 saturated carbocycles. The monoisotopic (exact) mass is 413 g/mol. The molecule has 156 valence electrons. The fourth-order valence-electron chi connectivity index (χ4n) is 3.79. The molecule has 0 fully saturated rings. The normalized spacial score (nSPS) is 13.6. The molecule has 0 spiro atoms. The van der Waals surface area contributed by atoms with Gasteiger partial charge in [0, 0.05) is 0 Å². The van der Waals surface area contributed by atoms with E-state index in [9.17, 15) is 9.59 Å². The van der Waals surface area contributed by atoms with Gasteiger partial charge in [0.25, 0.3) is 11.8 Å². The number of methoxy groups -OCH3 is 1. The van der Waals surface area contributed by atoms with Gasteiger partial charge in [-0.15, -0.1) is 6.58 Å². The molecule has 0 N–H and O–H groups in total. The number of hydrogen-bond donors (Lipinski definition) is 0. The molecule has 0 radical (unpaired) electrons. The van der Waals surface area contributed by atoms with Crippen LogP contribution in [0.25, 0.3) is 0 Å². The van der Waals surface area contributed by atoms with Crippen molar-refractivity contribution in [1.82, 2.24) is 4.90 Å². The Morgan fingerprint density at radius 3 is 2.16 bits per heavy atom. The molecule has 0 aliphatic carbocycles. The van der Waals surface area contributed by atoms with Crippen LogP contribution < -0.4 is 9.47 Å². The zero-order valence-electron chi connectivity index (χ0n) is 17.3. The molecule has 1 heterocycles. The first-order valence-electron chi connectivity index (χ1n) is 10.1. The lowest BCUT2D eigenvalue weighted by molar-refractivity contribution is 0.0583. The van der Waals surface area contributed by atoms with Crippen molar-refractivity contribution < 1.29 is 19.1 Å². The Morgan fingerprint density at radius 1 is 0.903 bits per heavy atom. The molecule has 3 aromatic carbocycles. The van der Waals surface area contributed by atoms with Gasteiger partial charge in [-0.1, -0.05) is 54.6 Å². The Bertz CT molecular complexity index is 1090. The summed E-state index contributed by atoms with van der Waals surface area (Å²) in [6.07, 6.45) is 2.14. The predicted molar refractivity (Wildman–Crippen MR) is 118 cm³/mol. The van der Waals surface area contributed by atoms with Crippen molar-refractivity contribution in [2.45, 2.75) is 19.1 Å². The zero-order chi connectivity index (χ0) is 21.8. The third-order valence-electron chi connectivity index (χ3n) is 5.34. The maximum atomic E-state index is 13.0. The number of amides is 2. The minimum atomic E-state index is -0.491.